The summed E-state index contributed by atoms with van der Waals surface area (Å²) in [5.74, 6) is 0. The van der Waals surface area contributed by atoms with Crippen LogP contribution in [0.1, 0.15) is 0 Å². The van der Waals surface area contributed by atoms with Crippen LogP contribution < -0.4 is 10.4 Å². The number of rotatable bonds is 3. The largest absolute Gasteiger partial charge is 0.396 e. The third-order valence-corrected chi connectivity index (χ3v) is 6.23. The number of aryl methyl sites for hydroxylation is 1. The Bertz CT molecular complexity index is 1300. The lowest BCUT2D eigenvalue weighted by molar-refractivity contribution is -0.716. The number of nitrogens with two attached hydrogens (primary N) is 1. The number of imidazole rings is 1. The highest BCUT2D eigenvalue weighted by molar-refractivity contribution is 7.96. The lowest BCUT2D eigenvalue weighted by atomic mass is 10.1. The van der Waals surface area contributed by atoms with Crippen LogP contribution in [0.25, 0.3) is 38.5 Å². The van der Waals surface area contributed by atoms with Gasteiger partial charge in [0.2, 0.25) is 5.69 Å². The number of nitrogens with one attached hydrogen (secondary N) is 1. The molecule has 0 fully saturated rings. The van der Waals surface area contributed by atoms with Gasteiger partial charge in [-0.2, -0.15) is 5.10 Å². The average Bonchev–Trinajstić information content (AvgIpc) is 3.38. The fraction of sp³-hybridized carbons (Fsp3) is 0.0588. The molecule has 0 aliphatic carbocycles. The average molecular weight is 396 g/mol. The topological polar surface area (TPSA) is 109 Å². The molecule has 0 saturated heterocycles. The lowest BCUT2D eigenvalue weighted by Crippen LogP contribution is -2.31. The van der Waals surface area contributed by atoms with Crippen LogP contribution in [0.3, 0.4) is 0 Å². The third-order valence-electron chi connectivity index (χ3n) is 4.47. The number of pyridine rings is 1. The number of fused-ring (bicyclic) bond motifs is 2. The van der Waals surface area contributed by atoms with Crippen molar-refractivity contribution >= 4 is 44.9 Å². The molecular weight excluding hydrogens is 382 g/mol. The fourth-order valence-electron chi connectivity index (χ4n) is 3.21. The van der Waals surface area contributed by atoms with E-state index in [1.165, 1.54) is 11.3 Å². The molecule has 4 N–H and O–H groups in total. The minimum atomic E-state index is 0.542. The van der Waals surface area contributed by atoms with Gasteiger partial charge in [-0.3, -0.25) is 9.38 Å². The summed E-state index contributed by atoms with van der Waals surface area (Å²) in [6, 6.07) is 3.99. The third kappa shape index (κ3) is 2.41. The zero-order valence-corrected chi connectivity index (χ0v) is 15.8. The molecule has 0 bridgehead atoms. The van der Waals surface area contributed by atoms with Crippen LogP contribution in [0.4, 0.5) is 5.69 Å². The molecular formula is C17H14N7OS2+. The second-order valence-electron chi connectivity index (χ2n) is 5.98. The van der Waals surface area contributed by atoms with Gasteiger partial charge < -0.3 is 10.3 Å². The van der Waals surface area contributed by atoms with E-state index in [2.05, 4.69) is 15.1 Å². The van der Waals surface area contributed by atoms with Crippen molar-refractivity contribution in [2.45, 2.75) is 4.21 Å². The highest BCUT2D eigenvalue weighted by atomic mass is 32.2. The van der Waals surface area contributed by atoms with Crippen molar-refractivity contribution in [2.24, 2.45) is 7.05 Å². The molecule has 5 rings (SSSR count). The van der Waals surface area contributed by atoms with Crippen LogP contribution in [0, 0.1) is 0 Å². The lowest BCUT2D eigenvalue weighted by Gasteiger charge is -2.05. The number of nitrogen functional groups attached to an aromatic ring is 1. The van der Waals surface area contributed by atoms with Gasteiger partial charge in [-0.25, -0.2) is 9.97 Å². The normalized spacial score (nSPS) is 11.6. The molecule has 10 heteroatoms. The predicted molar refractivity (Wildman–Crippen MR) is 105 cm³/mol. The molecule has 0 aliphatic rings. The fourth-order valence-corrected chi connectivity index (χ4v) is 4.65. The summed E-state index contributed by atoms with van der Waals surface area (Å²) in [4.78, 5) is 14.1. The molecule has 0 unspecified atom stereocenters. The zero-order valence-electron chi connectivity index (χ0n) is 14.1. The first-order valence-electron chi connectivity index (χ1n) is 8.03. The van der Waals surface area contributed by atoms with Gasteiger partial charge in [-0.05, 0) is 6.07 Å². The Kier molecular flexibility index (Phi) is 3.64. The second-order valence-corrected chi connectivity index (χ2v) is 7.83. The number of hydrogen-bond donors (Lipinski definition) is 3. The van der Waals surface area contributed by atoms with E-state index >= 15 is 0 Å². The monoisotopic (exact) mass is 396 g/mol. The van der Waals surface area contributed by atoms with Gasteiger partial charge in [0.15, 0.2) is 12.7 Å². The Balaban J connectivity index is 1.86. The molecule has 8 nitrogen and oxygen atoms in total. The van der Waals surface area contributed by atoms with Gasteiger partial charge in [0.25, 0.3) is 0 Å². The molecule has 0 amide bonds. The van der Waals surface area contributed by atoms with Gasteiger partial charge >= 0.3 is 0 Å². The van der Waals surface area contributed by atoms with Crippen LogP contribution >= 0.6 is 23.4 Å². The number of nitrogens with zero attached hydrogens (tertiary/aromatic N) is 5. The number of thiophene rings is 1. The van der Waals surface area contributed by atoms with E-state index in [0.717, 1.165) is 38.5 Å². The van der Waals surface area contributed by atoms with Crippen LogP contribution in [0.5, 0.6) is 0 Å². The van der Waals surface area contributed by atoms with Gasteiger partial charge in [0, 0.05) is 35.9 Å². The maximum Gasteiger partial charge on any atom is 0.238 e. The maximum absolute atomic E-state index is 9.58. The molecule has 5 heterocycles. The first-order chi connectivity index (χ1) is 13.2. The zero-order chi connectivity index (χ0) is 18.5. The molecule has 27 heavy (non-hydrogen) atoms. The van der Waals surface area contributed by atoms with Crippen LogP contribution in [0.2, 0.25) is 0 Å². The SMILES string of the molecule is C[n+]1[nH]ccc1-c1cc(-c2cnc3cnccn23)nc2sc(SO)c(N)c12. The Hall–Kier alpha value is -2.95. The van der Waals surface area contributed by atoms with E-state index in [9.17, 15) is 4.55 Å². The molecule has 5 aromatic heterocycles. The van der Waals surface area contributed by atoms with E-state index < -0.39 is 0 Å². The van der Waals surface area contributed by atoms with Gasteiger partial charge in [0.1, 0.15) is 9.04 Å². The molecule has 134 valence electrons. The minimum Gasteiger partial charge on any atom is -0.396 e. The summed E-state index contributed by atoms with van der Waals surface area (Å²) in [6.07, 6.45) is 8.93. The van der Waals surface area contributed by atoms with E-state index in [1.807, 2.05) is 40.7 Å². The molecule has 0 saturated carbocycles. The van der Waals surface area contributed by atoms with Crippen molar-refractivity contribution in [1.82, 2.24) is 24.5 Å². The van der Waals surface area contributed by atoms with E-state index in [1.54, 1.807) is 18.6 Å². The van der Waals surface area contributed by atoms with E-state index in [-0.39, 0.29) is 0 Å². The standard InChI is InChI=1S/C17H13N7OS2/c1-23-11(2-3-21-23)9-6-10(12-7-20-13-8-19-4-5-24(12)13)22-16-14(9)15(18)17(26-16)27-25/h2-8,25H,18H2,1H3/p+1. The van der Waals surface area contributed by atoms with E-state index in [0.29, 0.717) is 21.9 Å². The molecule has 0 atom stereocenters. The minimum absolute atomic E-state index is 0.542. The van der Waals surface area contributed by atoms with Crippen molar-refractivity contribution in [1.29, 1.82) is 0 Å². The predicted octanol–water partition coefficient (Wildman–Crippen LogP) is 2.97. The highest BCUT2D eigenvalue weighted by Gasteiger charge is 2.23. The Morgan fingerprint density at radius 1 is 1.37 bits per heavy atom. The van der Waals surface area contributed by atoms with Gasteiger partial charge in [-0.1, -0.05) is 0 Å². The van der Waals surface area contributed by atoms with Gasteiger partial charge in [0.05, 0.1) is 41.2 Å². The quantitative estimate of drug-likeness (QED) is 0.320. The number of H-pyrrole nitrogens is 1. The van der Waals surface area contributed by atoms with Crippen molar-refractivity contribution < 1.29 is 9.23 Å². The van der Waals surface area contributed by atoms with Gasteiger partial charge in [-0.15, -0.1) is 16.0 Å². The smallest absolute Gasteiger partial charge is 0.238 e. The Morgan fingerprint density at radius 3 is 3.04 bits per heavy atom. The molecule has 0 aliphatic heterocycles. The van der Waals surface area contributed by atoms with Crippen LogP contribution in [-0.4, -0.2) is 29.0 Å². The molecule has 0 aromatic carbocycles. The summed E-state index contributed by atoms with van der Waals surface area (Å²) in [5.41, 5.74) is 11.1. The summed E-state index contributed by atoms with van der Waals surface area (Å²) in [5, 5.41) is 3.97. The first kappa shape index (κ1) is 16.2. The first-order valence-corrected chi connectivity index (χ1v) is 9.62. The summed E-state index contributed by atoms with van der Waals surface area (Å²) >= 11 is 2.02. The highest BCUT2D eigenvalue weighted by Crippen LogP contribution is 2.43. The Morgan fingerprint density at radius 2 is 2.26 bits per heavy atom. The number of anilines is 1. The van der Waals surface area contributed by atoms with Crippen LogP contribution in [0.15, 0.2) is 47.3 Å². The Labute approximate surface area is 161 Å². The van der Waals surface area contributed by atoms with Crippen LogP contribution in [-0.2, 0) is 7.05 Å². The van der Waals surface area contributed by atoms with Crippen molar-refractivity contribution in [2.75, 3.05) is 5.73 Å². The molecule has 0 spiro atoms. The number of hydrogen-bond acceptors (Lipinski definition) is 7. The maximum atomic E-state index is 9.58. The summed E-state index contributed by atoms with van der Waals surface area (Å²) in [6.45, 7) is 0. The summed E-state index contributed by atoms with van der Waals surface area (Å²) in [7, 11) is 1.94. The van der Waals surface area contributed by atoms with Crippen molar-refractivity contribution in [3.63, 3.8) is 0 Å². The number of aromatic nitrogens is 6. The van der Waals surface area contributed by atoms with Crippen molar-refractivity contribution in [3.05, 3.63) is 43.1 Å². The summed E-state index contributed by atoms with van der Waals surface area (Å²) < 4.78 is 14.1. The molecule has 5 aromatic rings. The van der Waals surface area contributed by atoms with Crippen molar-refractivity contribution in [3.8, 4) is 22.6 Å². The number of aromatic amines is 1. The molecule has 0 radical (unpaired) electrons. The second kappa shape index (κ2) is 6.05. The van der Waals surface area contributed by atoms with E-state index in [4.69, 9.17) is 10.7 Å².